The van der Waals surface area contributed by atoms with Gasteiger partial charge in [-0.1, -0.05) is 126 Å². The van der Waals surface area contributed by atoms with Gasteiger partial charge in [-0.2, -0.15) is 10.2 Å². The number of hydrogen-bond donors (Lipinski definition) is 4. The number of nitrogens with two attached hydrogens (primary N) is 2. The molecule has 0 amide bonds. The van der Waals surface area contributed by atoms with Crippen LogP contribution in [0.15, 0.2) is 95.1 Å². The largest absolute Gasteiger partial charge is 0.375 e. The van der Waals surface area contributed by atoms with Crippen molar-refractivity contribution < 1.29 is 0 Å². The van der Waals surface area contributed by atoms with Crippen molar-refractivity contribution >= 4 is 46.1 Å². The molecule has 0 aliphatic heterocycles. The lowest BCUT2D eigenvalue weighted by Gasteiger charge is -2.11. The Bertz CT molecular complexity index is 992. The summed E-state index contributed by atoms with van der Waals surface area (Å²) in [5.74, 6) is 0. The quantitative estimate of drug-likeness (QED) is 0.182. The maximum Gasteiger partial charge on any atom is 0.184 e. The molecule has 6 nitrogen and oxygen atoms in total. The molecule has 3 rings (SSSR count). The number of nitrogens with zero attached hydrogens (tertiary/aromatic N) is 2. The zero-order valence-electron chi connectivity index (χ0n) is 21.9. The average Bonchev–Trinajstić information content (AvgIpc) is 2.94. The molecule has 0 bridgehead atoms. The van der Waals surface area contributed by atoms with Gasteiger partial charge in [0.2, 0.25) is 0 Å². The van der Waals surface area contributed by atoms with E-state index in [1.165, 1.54) is 0 Å². The summed E-state index contributed by atoms with van der Waals surface area (Å²) in [4.78, 5) is 0. The van der Waals surface area contributed by atoms with Gasteiger partial charge in [-0.25, -0.2) is 0 Å². The summed E-state index contributed by atoms with van der Waals surface area (Å²) in [6.45, 7) is 12.0. The number of thiocarbonyl (C=S) groups is 2. The van der Waals surface area contributed by atoms with Crippen molar-refractivity contribution in [3.05, 3.63) is 107 Å². The molecule has 6 N–H and O–H groups in total. The summed E-state index contributed by atoms with van der Waals surface area (Å²) in [5, 5.41) is 8.96. The van der Waals surface area contributed by atoms with Crippen LogP contribution in [0.5, 0.6) is 0 Å². The summed E-state index contributed by atoms with van der Waals surface area (Å²) in [7, 11) is 0. The minimum atomic E-state index is 0.0994. The fourth-order valence-corrected chi connectivity index (χ4v) is 2.88. The van der Waals surface area contributed by atoms with Crippen LogP contribution >= 0.6 is 24.4 Å². The van der Waals surface area contributed by atoms with Gasteiger partial charge in [0.1, 0.15) is 0 Å². The fraction of sp³-hybridized carbons (Fsp3) is 0.214. The number of hydrogen-bond acceptors (Lipinski definition) is 4. The van der Waals surface area contributed by atoms with E-state index in [0.29, 0.717) is 0 Å². The molecule has 0 aliphatic carbocycles. The molecular weight excluding hydrogens is 484 g/mol. The van der Waals surface area contributed by atoms with E-state index in [1.54, 1.807) is 0 Å². The highest BCUT2D eigenvalue weighted by atomic mass is 32.1. The highest BCUT2D eigenvalue weighted by Gasteiger charge is 2.11. The van der Waals surface area contributed by atoms with Gasteiger partial charge in [0.25, 0.3) is 0 Å². The second-order valence-electron chi connectivity index (χ2n) is 6.18. The van der Waals surface area contributed by atoms with E-state index in [9.17, 15) is 0 Å². The molecule has 0 saturated heterocycles. The molecule has 36 heavy (non-hydrogen) atoms. The van der Waals surface area contributed by atoms with E-state index in [0.717, 1.165) is 33.7 Å². The smallest absolute Gasteiger partial charge is 0.184 e. The van der Waals surface area contributed by atoms with E-state index in [4.69, 9.17) is 35.9 Å². The van der Waals surface area contributed by atoms with Gasteiger partial charge in [0.15, 0.2) is 10.2 Å². The maximum absolute atomic E-state index is 5.55. The van der Waals surface area contributed by atoms with E-state index >= 15 is 0 Å². The lowest BCUT2D eigenvalue weighted by Crippen LogP contribution is -2.26. The minimum Gasteiger partial charge on any atom is -0.375 e. The molecular formula is C28H38N6S2. The normalized spacial score (nSPS) is 10.2. The molecule has 3 aromatic rings. The van der Waals surface area contributed by atoms with Crippen molar-refractivity contribution in [1.82, 2.24) is 10.9 Å². The Labute approximate surface area is 226 Å². The Morgan fingerprint density at radius 3 is 1.00 bits per heavy atom. The van der Waals surface area contributed by atoms with Crippen molar-refractivity contribution in [3.8, 4) is 0 Å². The van der Waals surface area contributed by atoms with E-state index in [2.05, 4.69) is 21.1 Å². The highest BCUT2D eigenvalue weighted by molar-refractivity contribution is 7.80. The lowest BCUT2D eigenvalue weighted by molar-refractivity contribution is 1.03. The van der Waals surface area contributed by atoms with Gasteiger partial charge in [-0.05, 0) is 24.4 Å². The molecule has 0 aromatic heterocycles. The van der Waals surface area contributed by atoms with Crippen molar-refractivity contribution in [3.63, 3.8) is 0 Å². The minimum absolute atomic E-state index is 0.0994. The van der Waals surface area contributed by atoms with E-state index in [-0.39, 0.29) is 10.2 Å². The Morgan fingerprint density at radius 1 is 0.500 bits per heavy atom. The SMILES string of the molecule is CC.CC.CC.NC(=S)NN=C(c1ccccc1)c1ccc(C(=NNC(N)=S)c2ccccc2)cc1. The van der Waals surface area contributed by atoms with Crippen molar-refractivity contribution in [2.75, 3.05) is 0 Å². The molecule has 0 saturated carbocycles. The second-order valence-corrected chi connectivity index (χ2v) is 7.06. The van der Waals surface area contributed by atoms with Crippen molar-refractivity contribution in [2.24, 2.45) is 21.7 Å². The average molecular weight is 523 g/mol. The predicted molar refractivity (Wildman–Crippen MR) is 164 cm³/mol. The monoisotopic (exact) mass is 522 g/mol. The van der Waals surface area contributed by atoms with Crippen LogP contribution in [0.3, 0.4) is 0 Å². The third-order valence-electron chi connectivity index (χ3n) is 4.08. The van der Waals surface area contributed by atoms with Crippen molar-refractivity contribution in [1.29, 1.82) is 0 Å². The molecule has 0 unspecified atom stereocenters. The summed E-state index contributed by atoms with van der Waals surface area (Å²) < 4.78 is 0. The maximum atomic E-state index is 5.55. The topological polar surface area (TPSA) is 101 Å². The van der Waals surface area contributed by atoms with Crippen LogP contribution in [-0.2, 0) is 0 Å². The van der Waals surface area contributed by atoms with Crippen LogP contribution < -0.4 is 22.3 Å². The Balaban J connectivity index is 0.00000190. The molecule has 0 fully saturated rings. The standard InChI is InChI=1S/C22H20N6S2.3C2H6/c23-21(29)27-25-19(15-7-3-1-4-8-15)17-11-13-18(14-12-17)20(26-28-22(24)30)16-9-5-2-6-10-16;3*1-2/h1-14H,(H3,23,27,29)(H3,24,28,30);3*1-2H3. The summed E-state index contributed by atoms with van der Waals surface area (Å²) in [6, 6.07) is 27.4. The second kappa shape index (κ2) is 19.7. The molecule has 0 atom stereocenters. The van der Waals surface area contributed by atoms with Crippen LogP contribution in [0, 0.1) is 0 Å². The van der Waals surface area contributed by atoms with Crippen LogP contribution in [0.25, 0.3) is 0 Å². The van der Waals surface area contributed by atoms with Gasteiger partial charge >= 0.3 is 0 Å². The number of rotatable bonds is 6. The van der Waals surface area contributed by atoms with E-state index in [1.807, 2.05) is 126 Å². The van der Waals surface area contributed by atoms with Crippen LogP contribution in [0.1, 0.15) is 63.8 Å². The molecule has 0 aliphatic rings. The first-order valence-corrected chi connectivity index (χ1v) is 12.8. The Morgan fingerprint density at radius 2 is 0.750 bits per heavy atom. The van der Waals surface area contributed by atoms with Crippen LogP contribution in [-0.4, -0.2) is 21.6 Å². The fourth-order valence-electron chi connectivity index (χ4n) is 2.79. The van der Waals surface area contributed by atoms with Crippen LogP contribution in [0.4, 0.5) is 0 Å². The lowest BCUT2D eigenvalue weighted by atomic mass is 9.97. The van der Waals surface area contributed by atoms with Crippen molar-refractivity contribution in [2.45, 2.75) is 41.5 Å². The Kier molecular flexibility index (Phi) is 17.7. The number of benzene rings is 3. The first kappa shape index (κ1) is 32.4. The Hall–Kier alpha value is -3.62. The summed E-state index contributed by atoms with van der Waals surface area (Å²) in [5.41, 5.74) is 21.5. The number of nitrogens with one attached hydrogen (secondary N) is 2. The molecule has 3 aromatic carbocycles. The molecule has 0 radical (unpaired) electrons. The van der Waals surface area contributed by atoms with Crippen LogP contribution in [0.2, 0.25) is 0 Å². The molecule has 0 heterocycles. The first-order chi connectivity index (χ1) is 17.5. The van der Waals surface area contributed by atoms with Gasteiger partial charge in [0, 0.05) is 22.3 Å². The third kappa shape index (κ3) is 11.2. The summed E-state index contributed by atoms with van der Waals surface area (Å²) >= 11 is 9.78. The highest BCUT2D eigenvalue weighted by Crippen LogP contribution is 2.15. The number of hydrazone groups is 2. The zero-order valence-corrected chi connectivity index (χ0v) is 23.6. The molecule has 0 spiro atoms. The zero-order chi connectivity index (χ0) is 27.3. The third-order valence-corrected chi connectivity index (χ3v) is 4.26. The molecule has 192 valence electrons. The predicted octanol–water partition coefficient (Wildman–Crippen LogP) is 5.94. The van der Waals surface area contributed by atoms with Gasteiger partial charge in [0.05, 0.1) is 11.4 Å². The van der Waals surface area contributed by atoms with Gasteiger partial charge < -0.3 is 11.5 Å². The first-order valence-electron chi connectivity index (χ1n) is 12.0. The molecule has 8 heteroatoms. The van der Waals surface area contributed by atoms with Gasteiger partial charge in [-0.15, -0.1) is 0 Å². The van der Waals surface area contributed by atoms with E-state index < -0.39 is 0 Å². The van der Waals surface area contributed by atoms with Gasteiger partial charge in [-0.3, -0.25) is 10.9 Å². The summed E-state index contributed by atoms with van der Waals surface area (Å²) in [6.07, 6.45) is 0.